The molecule has 0 aromatic carbocycles. The van der Waals surface area contributed by atoms with Gasteiger partial charge in [0.15, 0.2) is 6.10 Å². The maximum Gasteiger partial charge on any atom is 0.472 e. The zero-order valence-electron chi connectivity index (χ0n) is 56.9. The number of aliphatic hydroxyl groups is 2. The van der Waals surface area contributed by atoms with Crippen LogP contribution in [0.15, 0.2) is 170 Å². The second-order valence-electron chi connectivity index (χ2n) is 22.2. The Hall–Kier alpha value is -5.09. The highest BCUT2D eigenvalue weighted by Crippen LogP contribution is 2.45. The lowest BCUT2D eigenvalue weighted by Gasteiger charge is -2.21. The second kappa shape index (κ2) is 66.9. The van der Waals surface area contributed by atoms with Crippen molar-refractivity contribution >= 4 is 33.6 Å². The van der Waals surface area contributed by atoms with Crippen LogP contribution in [0.4, 0.5) is 0 Å². The molecule has 0 spiro atoms. The number of rotatable bonds is 63. The van der Waals surface area contributed by atoms with Gasteiger partial charge in [-0.1, -0.05) is 229 Å². The summed E-state index contributed by atoms with van der Waals surface area (Å²) in [6.07, 6.45) is 82.6. The van der Waals surface area contributed by atoms with E-state index >= 15 is 0 Å². The zero-order valence-corrected chi connectivity index (χ0v) is 58.6. The van der Waals surface area contributed by atoms with E-state index in [2.05, 4.69) is 191 Å². The molecule has 18 heteroatoms. The van der Waals surface area contributed by atoms with Gasteiger partial charge >= 0.3 is 33.6 Å². The van der Waals surface area contributed by atoms with E-state index in [1.54, 1.807) is 0 Å². The number of allylic oxidation sites excluding steroid dienone is 28. The van der Waals surface area contributed by atoms with Gasteiger partial charge in [0.25, 0.3) is 0 Å². The SMILES string of the molecule is CC/C=C\C/C=C\C/C=C\C/C=C\C/C=C\C/C=C\CCCCC(=O)OCC(O)COP(=O)(O)OCC(O)COP(=O)(O)OCC(COC(=O)CCCCCCC/C=C\C/C=C\C/C=C\C/C=C\C/C=C\CC)OC(=O)CCCCCCC/C=C\C/C=C\C/C=C\CC. The monoisotopic (exact) mass is 1340 g/mol. The predicted octanol–water partition coefficient (Wildman–Crippen LogP) is 19.3. The van der Waals surface area contributed by atoms with Crippen molar-refractivity contribution in [2.75, 3.05) is 39.6 Å². The molecule has 16 nitrogen and oxygen atoms in total. The van der Waals surface area contributed by atoms with Crippen molar-refractivity contribution in [3.8, 4) is 0 Å². The van der Waals surface area contributed by atoms with Gasteiger partial charge in [-0.3, -0.25) is 32.5 Å². The van der Waals surface area contributed by atoms with Crippen molar-refractivity contribution in [1.82, 2.24) is 0 Å². The van der Waals surface area contributed by atoms with Crippen LogP contribution in [-0.4, -0.2) is 95.9 Å². The first-order chi connectivity index (χ1) is 45.2. The number of carbonyl (C=O) groups excluding carboxylic acids is 3. The Morgan fingerprint density at radius 3 is 0.871 bits per heavy atom. The van der Waals surface area contributed by atoms with Gasteiger partial charge in [0.2, 0.25) is 0 Å². The Kier molecular flexibility index (Phi) is 63.2. The van der Waals surface area contributed by atoms with Crippen LogP contribution in [0.25, 0.3) is 0 Å². The first-order valence-corrected chi connectivity index (χ1v) is 37.4. The standard InChI is InChI=1S/C75H120O16P2/c1-4-7-10-13-16-19-22-25-28-30-32-34-36-38-41-43-46-49-52-55-58-61-73(78)85-64-70(76)65-87-92(81,82)88-66-71(77)67-89-93(83,84)90-69-72(91-75(80)63-60-57-54-51-48-45-40-27-24-21-18-15-12-9-6-3)68-86-74(79)62-59-56-53-50-47-44-42-39-37-35-33-31-29-26-23-20-17-14-11-8-5-2/h7-12,16-21,25-29,32-35,38-42,46,49,70-72,76-77H,4-6,13-15,22-24,30-31,36-37,43-45,47-48,50-69H2,1-3H3,(H,81,82)(H,83,84)/b10-7-,11-8-,12-9-,19-16-,20-17-,21-18-,28-25-,29-26-,34-32-,35-33-,40-27-,41-38-,42-39-,49-46-. The summed E-state index contributed by atoms with van der Waals surface area (Å²) in [6.45, 7) is 2.19. The Balaban J connectivity index is 4.77. The maximum atomic E-state index is 12.9. The number of unbranched alkanes of at least 4 members (excludes halogenated alkanes) is 12. The third-order valence-corrected chi connectivity index (χ3v) is 15.3. The van der Waals surface area contributed by atoms with Gasteiger partial charge in [-0.05, 0) is 148 Å². The maximum absolute atomic E-state index is 12.9. The summed E-state index contributed by atoms with van der Waals surface area (Å²) < 4.78 is 60.8. The molecule has 0 radical (unpaired) electrons. The smallest absolute Gasteiger partial charge is 0.463 e. The summed E-state index contributed by atoms with van der Waals surface area (Å²) in [5, 5.41) is 20.5. The Labute approximate surface area is 561 Å². The van der Waals surface area contributed by atoms with E-state index in [1.807, 2.05) is 0 Å². The lowest BCUT2D eigenvalue weighted by Crippen LogP contribution is -2.30. The Morgan fingerprint density at radius 1 is 0.301 bits per heavy atom. The average molecular weight is 1340 g/mol. The summed E-state index contributed by atoms with van der Waals surface area (Å²) in [4.78, 5) is 58.4. The molecule has 0 aliphatic carbocycles. The summed E-state index contributed by atoms with van der Waals surface area (Å²) in [5.74, 6) is -1.67. The van der Waals surface area contributed by atoms with E-state index < -0.39 is 91.5 Å². The van der Waals surface area contributed by atoms with Crippen molar-refractivity contribution in [2.24, 2.45) is 0 Å². The fourth-order valence-corrected chi connectivity index (χ4v) is 9.84. The van der Waals surface area contributed by atoms with Crippen LogP contribution in [0, 0.1) is 0 Å². The molecule has 526 valence electrons. The van der Waals surface area contributed by atoms with Crippen LogP contribution in [0.3, 0.4) is 0 Å². The quantitative estimate of drug-likeness (QED) is 0.0146. The summed E-state index contributed by atoms with van der Waals surface area (Å²) in [7, 11) is -9.82. The molecular weight excluding hydrogens is 1220 g/mol. The van der Waals surface area contributed by atoms with Crippen molar-refractivity contribution < 1.29 is 75.8 Å². The normalized spacial score (nSPS) is 15.2. The van der Waals surface area contributed by atoms with E-state index in [0.717, 1.165) is 167 Å². The summed E-state index contributed by atoms with van der Waals surface area (Å²) in [6, 6.07) is 0. The molecule has 5 unspecified atom stereocenters. The van der Waals surface area contributed by atoms with E-state index in [1.165, 1.54) is 0 Å². The van der Waals surface area contributed by atoms with Gasteiger partial charge in [-0.25, -0.2) is 9.13 Å². The molecule has 0 saturated carbocycles. The third kappa shape index (κ3) is 68.1. The molecule has 0 aromatic heterocycles. The van der Waals surface area contributed by atoms with E-state index in [0.29, 0.717) is 19.3 Å². The summed E-state index contributed by atoms with van der Waals surface area (Å²) >= 11 is 0. The minimum absolute atomic E-state index is 0.0723. The van der Waals surface area contributed by atoms with Gasteiger partial charge < -0.3 is 34.2 Å². The highest BCUT2D eigenvalue weighted by Gasteiger charge is 2.29. The number of ether oxygens (including phenoxy) is 3. The number of esters is 3. The molecule has 4 N–H and O–H groups in total. The average Bonchev–Trinajstić information content (AvgIpc) is 3.71. The van der Waals surface area contributed by atoms with Crippen LogP contribution >= 0.6 is 15.6 Å². The molecule has 0 fully saturated rings. The van der Waals surface area contributed by atoms with Crippen LogP contribution < -0.4 is 0 Å². The molecule has 0 saturated heterocycles. The van der Waals surface area contributed by atoms with Crippen molar-refractivity contribution in [3.05, 3.63) is 170 Å². The lowest BCUT2D eigenvalue weighted by atomic mass is 10.1. The van der Waals surface area contributed by atoms with Crippen LogP contribution in [0.2, 0.25) is 0 Å². The van der Waals surface area contributed by atoms with Crippen molar-refractivity contribution in [3.63, 3.8) is 0 Å². The molecule has 5 atom stereocenters. The first-order valence-electron chi connectivity index (χ1n) is 34.4. The van der Waals surface area contributed by atoms with Gasteiger partial charge in [0.05, 0.1) is 26.4 Å². The van der Waals surface area contributed by atoms with E-state index in [4.69, 9.17) is 32.3 Å². The molecule has 0 aliphatic heterocycles. The largest absolute Gasteiger partial charge is 0.472 e. The highest BCUT2D eigenvalue weighted by molar-refractivity contribution is 7.47. The topological polar surface area (TPSA) is 231 Å². The fraction of sp³-hybridized carbons (Fsp3) is 0.587. The molecule has 0 rings (SSSR count). The highest BCUT2D eigenvalue weighted by atomic mass is 31.2. The van der Waals surface area contributed by atoms with Crippen molar-refractivity contribution in [2.45, 2.75) is 245 Å². The number of phosphoric ester groups is 2. The Morgan fingerprint density at radius 2 is 0.538 bits per heavy atom. The number of hydrogen-bond donors (Lipinski definition) is 4. The zero-order chi connectivity index (χ0) is 68.1. The second-order valence-corrected chi connectivity index (χ2v) is 25.1. The minimum atomic E-state index is -4.95. The molecule has 0 heterocycles. The number of hydrogen-bond acceptors (Lipinski definition) is 14. The minimum Gasteiger partial charge on any atom is -0.463 e. The molecule has 0 amide bonds. The van der Waals surface area contributed by atoms with Crippen LogP contribution in [0.1, 0.15) is 226 Å². The van der Waals surface area contributed by atoms with Gasteiger partial charge in [-0.2, -0.15) is 0 Å². The van der Waals surface area contributed by atoms with E-state index in [-0.39, 0.29) is 19.3 Å². The molecule has 93 heavy (non-hydrogen) atoms. The molecule has 0 bridgehead atoms. The lowest BCUT2D eigenvalue weighted by molar-refractivity contribution is -0.161. The number of phosphoric acid groups is 2. The van der Waals surface area contributed by atoms with Gasteiger partial charge in [0.1, 0.15) is 25.4 Å². The van der Waals surface area contributed by atoms with Crippen LogP contribution in [0.5, 0.6) is 0 Å². The predicted molar refractivity (Wildman–Crippen MR) is 380 cm³/mol. The van der Waals surface area contributed by atoms with Crippen LogP contribution in [-0.2, 0) is 55.8 Å². The number of aliphatic hydroxyl groups excluding tert-OH is 2. The van der Waals surface area contributed by atoms with E-state index in [9.17, 15) is 43.5 Å². The third-order valence-electron chi connectivity index (χ3n) is 13.4. The van der Waals surface area contributed by atoms with Gasteiger partial charge in [0, 0.05) is 19.3 Å². The molecular formula is C75H120O16P2. The molecule has 0 aliphatic rings. The number of carbonyl (C=O) groups is 3. The first kappa shape index (κ1) is 87.9. The Bertz CT molecular complexity index is 2370. The van der Waals surface area contributed by atoms with Crippen molar-refractivity contribution in [1.29, 1.82) is 0 Å². The fourth-order valence-electron chi connectivity index (χ4n) is 8.26. The summed E-state index contributed by atoms with van der Waals surface area (Å²) in [5.41, 5.74) is 0. The van der Waals surface area contributed by atoms with Gasteiger partial charge in [-0.15, -0.1) is 0 Å². The molecule has 0 aromatic rings.